The van der Waals surface area contributed by atoms with Crippen molar-refractivity contribution in [2.75, 3.05) is 19.0 Å². The third-order valence-corrected chi connectivity index (χ3v) is 3.02. The first-order valence-corrected chi connectivity index (χ1v) is 6.19. The maximum atomic E-state index is 11.6. The predicted octanol–water partition coefficient (Wildman–Crippen LogP) is 2.17. The molecule has 5 nitrogen and oxygen atoms in total. The minimum absolute atomic E-state index is 0.222. The molecule has 18 heavy (non-hydrogen) atoms. The zero-order valence-electron chi connectivity index (χ0n) is 10.1. The summed E-state index contributed by atoms with van der Waals surface area (Å²) in [6.07, 6.45) is 1.47. The first-order chi connectivity index (χ1) is 8.66. The molecule has 6 heteroatoms. The van der Waals surface area contributed by atoms with Gasteiger partial charge in [-0.3, -0.25) is 4.79 Å². The maximum absolute atomic E-state index is 11.6. The lowest BCUT2D eigenvalue weighted by atomic mass is 10.4. The van der Waals surface area contributed by atoms with Crippen LogP contribution in [0.1, 0.15) is 15.4 Å². The summed E-state index contributed by atoms with van der Waals surface area (Å²) < 4.78 is 5.45. The molecule has 0 unspecified atom stereocenters. The molecule has 0 saturated heterocycles. The molecule has 1 N–H and O–H groups in total. The Morgan fingerprint density at radius 3 is 2.89 bits per heavy atom. The molecule has 0 fully saturated rings. The number of nitrogens with zero attached hydrogens (tertiary/aromatic N) is 2. The van der Waals surface area contributed by atoms with E-state index in [2.05, 4.69) is 10.5 Å². The smallest absolute Gasteiger partial charge is 0.281 e. The molecule has 0 bridgehead atoms. The largest absolute Gasteiger partial charge is 0.440 e. The topological polar surface area (TPSA) is 57.8 Å². The van der Waals surface area contributed by atoms with Gasteiger partial charge in [0.25, 0.3) is 5.91 Å². The summed E-state index contributed by atoms with van der Waals surface area (Å²) in [5.41, 5.74) is 2.44. The summed E-state index contributed by atoms with van der Waals surface area (Å²) in [5.74, 6) is 1.10. The Kier molecular flexibility index (Phi) is 3.78. The Bertz CT molecular complexity index is 543. The van der Waals surface area contributed by atoms with Gasteiger partial charge in [0.15, 0.2) is 5.88 Å². The number of carbonyl (C=O) groups excluding carboxylic acids is 1. The van der Waals surface area contributed by atoms with E-state index >= 15 is 0 Å². The number of thiophene rings is 1. The van der Waals surface area contributed by atoms with E-state index in [1.807, 2.05) is 36.5 Å². The fourth-order valence-electron chi connectivity index (χ4n) is 1.27. The third-order valence-electron chi connectivity index (χ3n) is 2.16. The van der Waals surface area contributed by atoms with Crippen molar-refractivity contribution < 1.29 is 9.21 Å². The molecule has 2 aromatic rings. The first-order valence-electron chi connectivity index (χ1n) is 5.31. The van der Waals surface area contributed by atoms with E-state index in [0.717, 1.165) is 5.88 Å². The normalized spacial score (nSPS) is 10.8. The van der Waals surface area contributed by atoms with Crippen LogP contribution in [-0.4, -0.2) is 26.2 Å². The zero-order valence-corrected chi connectivity index (χ0v) is 10.9. The zero-order chi connectivity index (χ0) is 13.0. The van der Waals surface area contributed by atoms with E-state index in [9.17, 15) is 4.79 Å². The van der Waals surface area contributed by atoms with Gasteiger partial charge in [-0.05, 0) is 17.5 Å². The van der Waals surface area contributed by atoms with Gasteiger partial charge in [0.2, 0.25) is 0 Å². The van der Waals surface area contributed by atoms with Crippen molar-refractivity contribution in [3.05, 3.63) is 40.3 Å². The van der Waals surface area contributed by atoms with Crippen LogP contribution in [0.4, 0.5) is 5.88 Å². The monoisotopic (exact) mass is 263 g/mol. The minimum atomic E-state index is -0.222. The number of furan rings is 1. The summed E-state index contributed by atoms with van der Waals surface area (Å²) >= 11 is 1.37. The van der Waals surface area contributed by atoms with Crippen LogP contribution in [-0.2, 0) is 0 Å². The van der Waals surface area contributed by atoms with Crippen LogP contribution in [0.3, 0.4) is 0 Å². The first kappa shape index (κ1) is 12.4. The number of hydrogen-bond acceptors (Lipinski definition) is 5. The molecule has 94 valence electrons. The molecule has 2 heterocycles. The second-order valence-electron chi connectivity index (χ2n) is 3.75. The maximum Gasteiger partial charge on any atom is 0.281 e. The molecule has 0 atom stereocenters. The van der Waals surface area contributed by atoms with E-state index in [0.29, 0.717) is 10.6 Å². The van der Waals surface area contributed by atoms with Crippen LogP contribution in [0.25, 0.3) is 0 Å². The molecule has 0 spiro atoms. The summed E-state index contributed by atoms with van der Waals surface area (Å²) in [7, 11) is 3.77. The number of nitrogens with one attached hydrogen (secondary N) is 1. The highest BCUT2D eigenvalue weighted by Crippen LogP contribution is 2.14. The van der Waals surface area contributed by atoms with Crippen LogP contribution in [0, 0.1) is 0 Å². The average molecular weight is 263 g/mol. The van der Waals surface area contributed by atoms with Crippen molar-refractivity contribution in [2.24, 2.45) is 5.10 Å². The highest BCUT2D eigenvalue weighted by atomic mass is 32.1. The van der Waals surface area contributed by atoms with Gasteiger partial charge in [0, 0.05) is 20.2 Å². The van der Waals surface area contributed by atoms with Crippen LogP contribution >= 0.6 is 11.3 Å². The highest BCUT2D eigenvalue weighted by molar-refractivity contribution is 7.12. The van der Waals surface area contributed by atoms with Gasteiger partial charge in [-0.1, -0.05) is 6.07 Å². The van der Waals surface area contributed by atoms with E-state index in [1.54, 1.807) is 12.1 Å². The second kappa shape index (κ2) is 5.50. The van der Waals surface area contributed by atoms with Crippen molar-refractivity contribution in [3.8, 4) is 0 Å². The summed E-state index contributed by atoms with van der Waals surface area (Å²) in [6.45, 7) is 0. The Labute approximate surface area is 109 Å². The van der Waals surface area contributed by atoms with Crippen LogP contribution < -0.4 is 10.3 Å². The third kappa shape index (κ3) is 2.98. The minimum Gasteiger partial charge on any atom is -0.440 e. The van der Waals surface area contributed by atoms with Crippen molar-refractivity contribution in [1.29, 1.82) is 0 Å². The molecule has 0 radical (unpaired) electrons. The number of hydrogen-bond donors (Lipinski definition) is 1. The Balaban J connectivity index is 1.93. The van der Waals surface area contributed by atoms with Gasteiger partial charge in [-0.2, -0.15) is 5.10 Å². The number of anilines is 1. The summed E-state index contributed by atoms with van der Waals surface area (Å²) in [6, 6.07) is 7.18. The van der Waals surface area contributed by atoms with E-state index in [-0.39, 0.29) is 5.91 Å². The summed E-state index contributed by atoms with van der Waals surface area (Å²) in [4.78, 5) is 14.0. The molecule has 0 aliphatic rings. The Hall–Kier alpha value is -2.08. The van der Waals surface area contributed by atoms with Crippen LogP contribution in [0.2, 0.25) is 0 Å². The lowest BCUT2D eigenvalue weighted by molar-refractivity contribution is 0.0959. The highest BCUT2D eigenvalue weighted by Gasteiger charge is 2.04. The molecular weight excluding hydrogens is 250 g/mol. The molecule has 1 amide bonds. The van der Waals surface area contributed by atoms with Crippen LogP contribution in [0.5, 0.6) is 0 Å². The average Bonchev–Trinajstić information content (AvgIpc) is 3.00. The van der Waals surface area contributed by atoms with E-state index in [4.69, 9.17) is 4.42 Å². The number of amides is 1. The van der Waals surface area contributed by atoms with Gasteiger partial charge in [0.1, 0.15) is 5.76 Å². The Morgan fingerprint density at radius 1 is 1.44 bits per heavy atom. The standard InChI is InChI=1S/C12H13N3O2S/c1-15(2)11-6-5-9(17-11)8-13-14-12(16)10-4-3-7-18-10/h3-8H,1-2H3,(H,14,16). The predicted molar refractivity (Wildman–Crippen MR) is 72.4 cm³/mol. The van der Waals surface area contributed by atoms with Crippen molar-refractivity contribution in [3.63, 3.8) is 0 Å². The van der Waals surface area contributed by atoms with Crippen LogP contribution in [0.15, 0.2) is 39.2 Å². The molecule has 0 aliphatic carbocycles. The second-order valence-corrected chi connectivity index (χ2v) is 4.69. The van der Waals surface area contributed by atoms with Gasteiger partial charge < -0.3 is 9.32 Å². The Morgan fingerprint density at radius 2 is 2.28 bits per heavy atom. The van der Waals surface area contributed by atoms with Gasteiger partial charge >= 0.3 is 0 Å². The number of rotatable bonds is 4. The van der Waals surface area contributed by atoms with E-state index < -0.39 is 0 Å². The quantitative estimate of drug-likeness (QED) is 0.679. The van der Waals surface area contributed by atoms with Crippen molar-refractivity contribution in [1.82, 2.24) is 5.43 Å². The van der Waals surface area contributed by atoms with Gasteiger partial charge in [-0.25, -0.2) is 5.43 Å². The molecule has 0 saturated carbocycles. The number of carbonyl (C=O) groups is 1. The summed E-state index contributed by atoms with van der Waals surface area (Å²) in [5, 5.41) is 5.68. The lowest BCUT2D eigenvalue weighted by Gasteiger charge is -2.05. The van der Waals surface area contributed by atoms with Crippen molar-refractivity contribution in [2.45, 2.75) is 0 Å². The molecular formula is C12H13N3O2S. The SMILES string of the molecule is CN(C)c1ccc(C=NNC(=O)c2cccs2)o1. The lowest BCUT2D eigenvalue weighted by Crippen LogP contribution is -2.15. The van der Waals surface area contributed by atoms with Gasteiger partial charge in [0.05, 0.1) is 11.1 Å². The van der Waals surface area contributed by atoms with E-state index in [1.165, 1.54) is 17.6 Å². The molecule has 2 rings (SSSR count). The molecule has 0 aliphatic heterocycles. The fourth-order valence-corrected chi connectivity index (χ4v) is 1.88. The van der Waals surface area contributed by atoms with Crippen molar-refractivity contribution >= 4 is 29.3 Å². The molecule has 2 aromatic heterocycles. The molecule has 0 aromatic carbocycles. The van der Waals surface area contributed by atoms with Gasteiger partial charge in [-0.15, -0.1) is 11.3 Å². The fraction of sp³-hybridized carbons (Fsp3) is 0.167. The number of hydrazone groups is 1.